The van der Waals surface area contributed by atoms with E-state index in [1.54, 1.807) is 36.9 Å². The van der Waals surface area contributed by atoms with Gasteiger partial charge in [0, 0.05) is 74.6 Å². The molecule has 1 saturated heterocycles. The molecule has 0 aliphatic carbocycles. The van der Waals surface area contributed by atoms with Gasteiger partial charge in [0.2, 0.25) is 16.0 Å². The van der Waals surface area contributed by atoms with Gasteiger partial charge in [-0.3, -0.25) is 0 Å². The maximum Gasteiger partial charge on any atom is 0.225 e. The standard InChI is InChI=1S/C23H27ClFN7O3S/c24-21-13-18(25)5-6-20(21)17-14-28-23(29-15-17)31-9-11-32(12-10-31)36(34,35)16-19(30-33)3-1-4-22-26-7-2-8-27-22/h2,5-8,13-15,19,30,33H,1,3-4,9-12,16H2. The lowest BCUT2D eigenvalue weighted by Crippen LogP contribution is -2.51. The molecule has 3 heterocycles. The second-order valence-corrected chi connectivity index (χ2v) is 10.9. The number of rotatable bonds is 10. The van der Waals surface area contributed by atoms with E-state index >= 15 is 0 Å². The van der Waals surface area contributed by atoms with Crippen LogP contribution in [0.4, 0.5) is 10.3 Å². The van der Waals surface area contributed by atoms with E-state index in [1.807, 2.05) is 4.90 Å². The second kappa shape index (κ2) is 12.0. The minimum atomic E-state index is -3.58. The topological polar surface area (TPSA) is 124 Å². The molecule has 2 N–H and O–H groups in total. The number of anilines is 1. The van der Waals surface area contributed by atoms with Crippen LogP contribution in [0.15, 0.2) is 49.1 Å². The fourth-order valence-electron chi connectivity index (χ4n) is 4.02. The summed E-state index contributed by atoms with van der Waals surface area (Å²) in [6, 6.07) is 5.27. The molecule has 13 heteroatoms. The van der Waals surface area contributed by atoms with Gasteiger partial charge in [0.1, 0.15) is 11.6 Å². The van der Waals surface area contributed by atoms with Crippen molar-refractivity contribution in [3.8, 4) is 11.1 Å². The lowest BCUT2D eigenvalue weighted by molar-refractivity contribution is 0.128. The van der Waals surface area contributed by atoms with Gasteiger partial charge >= 0.3 is 0 Å². The Morgan fingerprint density at radius 2 is 1.78 bits per heavy atom. The quantitative estimate of drug-likeness (QED) is 0.377. The lowest BCUT2D eigenvalue weighted by Gasteiger charge is -2.34. The van der Waals surface area contributed by atoms with Crippen LogP contribution in [-0.4, -0.2) is 75.8 Å². The molecular formula is C23H27ClFN7O3S. The first kappa shape index (κ1) is 26.3. The van der Waals surface area contributed by atoms with Crippen LogP contribution in [0.2, 0.25) is 5.02 Å². The van der Waals surface area contributed by atoms with Crippen LogP contribution in [0.5, 0.6) is 0 Å². The summed E-state index contributed by atoms with van der Waals surface area (Å²) in [5, 5.41) is 9.77. The predicted molar refractivity (Wildman–Crippen MR) is 134 cm³/mol. The van der Waals surface area contributed by atoms with Crippen LogP contribution in [0.3, 0.4) is 0 Å². The highest BCUT2D eigenvalue weighted by molar-refractivity contribution is 7.89. The maximum atomic E-state index is 13.3. The molecular weight excluding hydrogens is 509 g/mol. The highest BCUT2D eigenvalue weighted by Crippen LogP contribution is 2.28. The Morgan fingerprint density at radius 1 is 1.08 bits per heavy atom. The summed E-state index contributed by atoms with van der Waals surface area (Å²) in [4.78, 5) is 19.0. The zero-order valence-electron chi connectivity index (χ0n) is 19.5. The average Bonchev–Trinajstić information content (AvgIpc) is 2.89. The first-order valence-electron chi connectivity index (χ1n) is 11.5. The van der Waals surface area contributed by atoms with E-state index in [0.717, 1.165) is 0 Å². The summed E-state index contributed by atoms with van der Waals surface area (Å²) in [6.07, 6.45) is 8.26. The van der Waals surface area contributed by atoms with Crippen LogP contribution in [0.1, 0.15) is 18.7 Å². The van der Waals surface area contributed by atoms with Crippen molar-refractivity contribution in [3.63, 3.8) is 0 Å². The first-order valence-corrected chi connectivity index (χ1v) is 13.5. The van der Waals surface area contributed by atoms with Crippen molar-refractivity contribution in [2.45, 2.75) is 25.3 Å². The van der Waals surface area contributed by atoms with Gasteiger partial charge in [-0.15, -0.1) is 0 Å². The highest BCUT2D eigenvalue weighted by Gasteiger charge is 2.30. The summed E-state index contributed by atoms with van der Waals surface area (Å²) in [5.74, 6) is 0.538. The Morgan fingerprint density at radius 3 is 2.42 bits per heavy atom. The average molecular weight is 536 g/mol. The van der Waals surface area contributed by atoms with Crippen LogP contribution >= 0.6 is 11.6 Å². The number of aryl methyl sites for hydroxylation is 1. The van der Waals surface area contributed by atoms with Crippen LogP contribution < -0.4 is 10.4 Å². The van der Waals surface area contributed by atoms with Gasteiger partial charge in [-0.1, -0.05) is 11.6 Å². The van der Waals surface area contributed by atoms with Crippen molar-refractivity contribution in [3.05, 3.63) is 65.7 Å². The van der Waals surface area contributed by atoms with Crippen molar-refractivity contribution in [1.82, 2.24) is 29.7 Å². The van der Waals surface area contributed by atoms with Crippen molar-refractivity contribution in [2.75, 3.05) is 36.8 Å². The van der Waals surface area contributed by atoms with Gasteiger partial charge in [-0.05, 0) is 37.1 Å². The summed E-state index contributed by atoms with van der Waals surface area (Å²) >= 11 is 6.12. The van der Waals surface area contributed by atoms with Crippen LogP contribution in [-0.2, 0) is 16.4 Å². The fraction of sp³-hybridized carbons (Fsp3) is 0.391. The number of halogens is 2. The maximum absolute atomic E-state index is 13.3. The van der Waals surface area contributed by atoms with Gasteiger partial charge in [0.25, 0.3) is 0 Å². The molecule has 0 spiro atoms. The number of nitrogens with zero attached hydrogens (tertiary/aromatic N) is 6. The number of benzene rings is 1. The van der Waals surface area contributed by atoms with Gasteiger partial charge in [0.05, 0.1) is 10.8 Å². The number of hydrogen-bond donors (Lipinski definition) is 2. The molecule has 10 nitrogen and oxygen atoms in total. The molecule has 3 aromatic rings. The van der Waals surface area contributed by atoms with Crippen molar-refractivity contribution >= 4 is 27.6 Å². The molecule has 0 saturated carbocycles. The molecule has 0 radical (unpaired) electrons. The Hall–Kier alpha value is -2.77. The molecule has 1 aliphatic heterocycles. The van der Waals surface area contributed by atoms with E-state index in [0.29, 0.717) is 55.3 Å². The molecule has 1 unspecified atom stereocenters. The molecule has 36 heavy (non-hydrogen) atoms. The van der Waals surface area contributed by atoms with E-state index < -0.39 is 21.9 Å². The summed E-state index contributed by atoms with van der Waals surface area (Å²) < 4.78 is 40.6. The van der Waals surface area contributed by atoms with E-state index in [-0.39, 0.29) is 23.9 Å². The van der Waals surface area contributed by atoms with E-state index in [2.05, 4.69) is 25.4 Å². The van der Waals surface area contributed by atoms with E-state index in [1.165, 1.54) is 16.4 Å². The van der Waals surface area contributed by atoms with Crippen LogP contribution in [0.25, 0.3) is 11.1 Å². The van der Waals surface area contributed by atoms with Crippen molar-refractivity contribution in [1.29, 1.82) is 0 Å². The lowest BCUT2D eigenvalue weighted by atomic mass is 10.1. The number of sulfonamides is 1. The number of nitrogens with one attached hydrogen (secondary N) is 1. The van der Waals surface area contributed by atoms with Gasteiger partial charge in [-0.2, -0.15) is 4.31 Å². The first-order chi connectivity index (χ1) is 17.4. The third-order valence-electron chi connectivity index (χ3n) is 5.96. The van der Waals surface area contributed by atoms with Gasteiger partial charge < -0.3 is 10.1 Å². The minimum Gasteiger partial charge on any atom is -0.338 e. The van der Waals surface area contributed by atoms with Gasteiger partial charge in [-0.25, -0.2) is 38.2 Å². The fourth-order valence-corrected chi connectivity index (χ4v) is 5.98. The molecule has 1 fully saturated rings. The summed E-state index contributed by atoms with van der Waals surface area (Å²) in [5.41, 5.74) is 3.42. The SMILES string of the molecule is O=S(=O)(CC(CCCc1ncccn1)NO)N1CCN(c2ncc(-c3ccc(F)cc3Cl)cn2)CC1. The molecule has 2 aromatic heterocycles. The normalized spacial score (nSPS) is 15.7. The largest absolute Gasteiger partial charge is 0.338 e. The van der Waals surface area contributed by atoms with E-state index in [9.17, 15) is 18.0 Å². The van der Waals surface area contributed by atoms with Gasteiger partial charge in [0.15, 0.2) is 0 Å². The molecule has 0 amide bonds. The number of piperazine rings is 1. The summed E-state index contributed by atoms with van der Waals surface area (Å²) in [6.45, 7) is 1.43. The third-order valence-corrected chi connectivity index (χ3v) is 8.25. The minimum absolute atomic E-state index is 0.206. The Balaban J connectivity index is 1.29. The van der Waals surface area contributed by atoms with Crippen molar-refractivity contribution < 1.29 is 18.0 Å². The molecule has 1 aromatic carbocycles. The Kier molecular flexibility index (Phi) is 8.75. The molecule has 0 bridgehead atoms. The Bertz CT molecular complexity index is 1240. The number of aromatic nitrogens is 4. The third kappa shape index (κ3) is 6.71. The number of hydrogen-bond acceptors (Lipinski definition) is 9. The van der Waals surface area contributed by atoms with Crippen LogP contribution in [0, 0.1) is 5.82 Å². The Labute approximate surface area is 214 Å². The predicted octanol–water partition coefficient (Wildman–Crippen LogP) is 2.55. The molecule has 4 rings (SSSR count). The zero-order valence-corrected chi connectivity index (χ0v) is 21.0. The monoisotopic (exact) mass is 535 g/mol. The number of hydroxylamine groups is 1. The molecule has 1 aliphatic rings. The summed E-state index contributed by atoms with van der Waals surface area (Å²) in [7, 11) is -3.58. The molecule has 192 valence electrons. The second-order valence-electron chi connectivity index (χ2n) is 8.44. The zero-order chi connectivity index (χ0) is 25.5. The smallest absolute Gasteiger partial charge is 0.225 e. The highest BCUT2D eigenvalue weighted by atomic mass is 35.5. The van der Waals surface area contributed by atoms with Crippen molar-refractivity contribution in [2.24, 2.45) is 0 Å². The molecule has 1 atom stereocenters. The van der Waals surface area contributed by atoms with E-state index in [4.69, 9.17) is 11.6 Å².